The third-order valence-corrected chi connectivity index (χ3v) is 8.72. The first-order chi connectivity index (χ1) is 22.8. The van der Waals surface area contributed by atoms with Gasteiger partial charge in [0, 0.05) is 45.1 Å². The summed E-state index contributed by atoms with van der Waals surface area (Å²) in [5, 5.41) is 5.14. The molecule has 10 rings (SSSR count). The van der Waals surface area contributed by atoms with E-state index < -0.39 is 0 Å². The molecule has 4 heterocycles. The second kappa shape index (κ2) is 12.0. The molecule has 0 unspecified atom stereocenters. The monoisotopic (exact) mass is 780 g/mol. The Morgan fingerprint density at radius 3 is 2.04 bits per heavy atom. The summed E-state index contributed by atoms with van der Waals surface area (Å²) >= 11 is 0. The van der Waals surface area contributed by atoms with Crippen molar-refractivity contribution in [3.05, 3.63) is 177 Å². The normalized spacial score (nSPS) is 12.3. The van der Waals surface area contributed by atoms with E-state index in [-0.39, 0.29) is 20.1 Å². The van der Waals surface area contributed by atoms with Crippen LogP contribution in [0.1, 0.15) is 0 Å². The van der Waals surface area contributed by atoms with Crippen LogP contribution in [-0.4, -0.2) is 9.38 Å². The molecule has 0 saturated carbocycles. The average Bonchev–Trinajstić information content (AvgIpc) is 3.80. The maximum absolute atomic E-state index is 4.22. The molecule has 0 atom stereocenters. The van der Waals surface area contributed by atoms with Gasteiger partial charge >= 0.3 is 20.1 Å². The van der Waals surface area contributed by atoms with E-state index >= 15 is 0 Å². The summed E-state index contributed by atoms with van der Waals surface area (Å²) < 4.78 is 2.40. The van der Waals surface area contributed by atoms with Gasteiger partial charge in [0.05, 0.1) is 0 Å². The third-order valence-electron chi connectivity index (χ3n) is 8.72. The van der Waals surface area contributed by atoms with Crippen molar-refractivity contribution in [1.82, 2.24) is 9.38 Å². The predicted molar refractivity (Wildman–Crippen MR) is 190 cm³/mol. The molecule has 0 radical (unpaired) electrons. The minimum absolute atomic E-state index is 0. The van der Waals surface area contributed by atoms with Gasteiger partial charge in [0.1, 0.15) is 0 Å². The predicted octanol–water partition coefficient (Wildman–Crippen LogP) is 10.6. The number of pyridine rings is 1. The van der Waals surface area contributed by atoms with Gasteiger partial charge in [-0.1, -0.05) is 84.4 Å². The number of nitrogens with zero attached hydrogens (tertiary/aromatic N) is 4. The van der Waals surface area contributed by atoms with Crippen LogP contribution in [0, 0.1) is 18.8 Å². The average molecular weight is 780 g/mol. The van der Waals surface area contributed by atoms with Gasteiger partial charge in [-0.15, -0.1) is 59.7 Å². The zero-order valence-electron chi connectivity index (χ0n) is 25.2. The maximum atomic E-state index is 4.22. The quantitative estimate of drug-likeness (QED) is 0.167. The maximum Gasteiger partial charge on any atom is 3.00 e. The molecule has 0 aliphatic carbocycles. The van der Waals surface area contributed by atoms with Gasteiger partial charge in [-0.2, -0.15) is 12.1 Å². The Morgan fingerprint density at radius 1 is 0.553 bits per heavy atom. The molecule has 0 amide bonds. The van der Waals surface area contributed by atoms with Crippen molar-refractivity contribution in [2.45, 2.75) is 0 Å². The van der Waals surface area contributed by atoms with Crippen LogP contribution >= 0.6 is 0 Å². The van der Waals surface area contributed by atoms with Crippen LogP contribution in [0.3, 0.4) is 0 Å². The van der Waals surface area contributed by atoms with E-state index in [0.29, 0.717) is 0 Å². The van der Waals surface area contributed by atoms with Crippen LogP contribution in [0.5, 0.6) is 0 Å². The molecule has 1 aliphatic rings. The fourth-order valence-corrected chi connectivity index (χ4v) is 6.67. The number of fused-ring (bicyclic) bond motifs is 7. The number of rotatable bonds is 3. The van der Waals surface area contributed by atoms with Crippen molar-refractivity contribution < 1.29 is 20.1 Å². The van der Waals surface area contributed by atoms with E-state index in [1.165, 1.54) is 43.8 Å². The fraction of sp³-hybridized carbons (Fsp3) is 0. The zero-order valence-corrected chi connectivity index (χ0v) is 27.6. The Hall–Kier alpha value is -5.48. The van der Waals surface area contributed by atoms with Crippen molar-refractivity contribution in [2.24, 2.45) is 0 Å². The Labute approximate surface area is 286 Å². The van der Waals surface area contributed by atoms with Crippen LogP contribution in [0.4, 0.5) is 22.7 Å². The Bertz CT molecular complexity index is 2420. The van der Waals surface area contributed by atoms with Gasteiger partial charge in [-0.05, 0) is 47.5 Å². The first-order valence-electron chi connectivity index (χ1n) is 15.4. The van der Waals surface area contributed by atoms with Crippen LogP contribution < -0.4 is 9.80 Å². The van der Waals surface area contributed by atoms with Crippen LogP contribution in [0.25, 0.3) is 49.4 Å². The third kappa shape index (κ3) is 4.83. The molecular formula is C42H27IrN4. The fourth-order valence-electron chi connectivity index (χ4n) is 6.67. The molecule has 4 nitrogen and oxygen atoms in total. The van der Waals surface area contributed by atoms with Gasteiger partial charge < -0.3 is 19.2 Å². The molecule has 5 heteroatoms. The molecular weight excluding hydrogens is 753 g/mol. The molecule has 224 valence electrons. The van der Waals surface area contributed by atoms with Crippen molar-refractivity contribution in [1.29, 1.82) is 0 Å². The summed E-state index contributed by atoms with van der Waals surface area (Å²) in [5.74, 6) is 0. The summed E-state index contributed by atoms with van der Waals surface area (Å²) in [6.07, 6.45) is 1.79. The first kappa shape index (κ1) is 29.0. The summed E-state index contributed by atoms with van der Waals surface area (Å²) in [7, 11) is 0. The largest absolute Gasteiger partial charge is 3.00 e. The Morgan fingerprint density at radius 2 is 1.26 bits per heavy atom. The number of hydrogen-bond donors (Lipinski definition) is 0. The van der Waals surface area contributed by atoms with E-state index in [9.17, 15) is 0 Å². The number of anilines is 4. The molecule has 47 heavy (non-hydrogen) atoms. The molecule has 6 aromatic carbocycles. The molecule has 0 N–H and O–H groups in total. The van der Waals surface area contributed by atoms with E-state index in [0.717, 1.165) is 28.3 Å². The van der Waals surface area contributed by atoms with Gasteiger partial charge in [0.2, 0.25) is 0 Å². The smallest absolute Gasteiger partial charge is 0.493 e. The van der Waals surface area contributed by atoms with Crippen molar-refractivity contribution >= 4 is 60.8 Å². The van der Waals surface area contributed by atoms with Crippen LogP contribution in [0.15, 0.2) is 158 Å². The number of hydrogen-bond acceptors (Lipinski definition) is 3. The van der Waals surface area contributed by atoms with E-state index in [1.54, 1.807) is 6.20 Å². The van der Waals surface area contributed by atoms with Crippen molar-refractivity contribution in [3.8, 4) is 11.3 Å². The molecule has 0 saturated heterocycles. The minimum atomic E-state index is 0. The molecule has 1 aliphatic heterocycles. The van der Waals surface area contributed by atoms with Gasteiger partial charge in [-0.25, -0.2) is 0 Å². The van der Waals surface area contributed by atoms with E-state index in [1.807, 2.05) is 42.5 Å². The number of aromatic nitrogens is 2. The minimum Gasteiger partial charge on any atom is -0.493 e. The standard InChI is InChI=1S/C31H19N3.C11H8N.Ir/c1-2-9-21(10-3-1)32-20-33(30-16-7-6-15-29(30)32)22-17-18-28-26(19-22)25-13-8-12-24-23-11-4-5-14-27(23)34(28)31(24)25;1-2-6-10(7-3-1)11-8-4-5-9-12-11;/h1-16,18-20H;1-6,8-9H;/q-2;-1;+3. The molecule has 9 aromatic rings. The van der Waals surface area contributed by atoms with E-state index in [2.05, 4.69) is 147 Å². The topological polar surface area (TPSA) is 23.8 Å². The van der Waals surface area contributed by atoms with Gasteiger partial charge in [-0.3, -0.25) is 0 Å². The molecule has 0 bridgehead atoms. The van der Waals surface area contributed by atoms with Crippen molar-refractivity contribution in [2.75, 3.05) is 9.80 Å². The summed E-state index contributed by atoms with van der Waals surface area (Å²) in [4.78, 5) is 8.71. The second-order valence-electron chi connectivity index (χ2n) is 11.3. The first-order valence-corrected chi connectivity index (χ1v) is 15.4. The summed E-state index contributed by atoms with van der Waals surface area (Å²) in [6.45, 7) is 2.17. The summed E-state index contributed by atoms with van der Waals surface area (Å²) in [5.41, 5.74) is 10.3. The Balaban J connectivity index is 0.000000212. The SMILES string of the molecule is [Ir+3].[c-]1cc2c(cc1N1[CH-]N(c3ccccc3)c3ccccc31)c1cccc3c4ccccc4n2c13.[c-]1ccccc1-c1ccccn1. The summed E-state index contributed by atoms with van der Waals surface area (Å²) in [6, 6.07) is 59.2. The molecule has 3 aromatic heterocycles. The second-order valence-corrected chi connectivity index (χ2v) is 11.3. The van der Waals surface area contributed by atoms with E-state index in [4.69, 9.17) is 0 Å². The molecule has 0 spiro atoms. The number of para-hydroxylation sites is 5. The number of benzene rings is 6. The Kier molecular flexibility index (Phi) is 7.41. The van der Waals surface area contributed by atoms with Gasteiger partial charge in [0.15, 0.2) is 0 Å². The van der Waals surface area contributed by atoms with Gasteiger partial charge in [0.25, 0.3) is 0 Å². The van der Waals surface area contributed by atoms with Crippen molar-refractivity contribution in [3.63, 3.8) is 0 Å². The zero-order chi connectivity index (χ0) is 30.5. The van der Waals surface area contributed by atoms with Crippen LogP contribution in [0.2, 0.25) is 0 Å². The van der Waals surface area contributed by atoms with Crippen LogP contribution in [-0.2, 0) is 20.1 Å². The molecule has 0 fully saturated rings.